The molecular weight excluding hydrogens is 294 g/mol. The van der Waals surface area contributed by atoms with Crippen LogP contribution in [0.2, 0.25) is 0 Å². The van der Waals surface area contributed by atoms with E-state index in [0.717, 1.165) is 11.4 Å². The summed E-state index contributed by atoms with van der Waals surface area (Å²) in [4.78, 5) is 16.6. The highest BCUT2D eigenvalue weighted by Crippen LogP contribution is 2.20. The lowest BCUT2D eigenvalue weighted by Gasteiger charge is -2.15. The van der Waals surface area contributed by atoms with Crippen LogP contribution in [0.4, 0.5) is 0 Å². The molecule has 1 heterocycles. The quantitative estimate of drug-likeness (QED) is 0.805. The number of carbonyl (C=O) groups is 1. The molecule has 0 radical (unpaired) electrons. The van der Waals surface area contributed by atoms with Crippen molar-refractivity contribution in [2.24, 2.45) is 5.73 Å². The van der Waals surface area contributed by atoms with Crippen molar-refractivity contribution in [1.29, 1.82) is 0 Å². The topological polar surface area (TPSA) is 95.1 Å². The summed E-state index contributed by atoms with van der Waals surface area (Å²) in [6, 6.07) is 5.13. The van der Waals surface area contributed by atoms with Crippen LogP contribution in [0.1, 0.15) is 41.6 Å². The Labute approximate surface area is 135 Å². The van der Waals surface area contributed by atoms with Crippen molar-refractivity contribution in [2.45, 2.75) is 33.4 Å². The molecule has 1 aromatic heterocycles. The first-order valence-corrected chi connectivity index (χ1v) is 7.68. The van der Waals surface area contributed by atoms with E-state index in [-0.39, 0.29) is 11.9 Å². The fourth-order valence-electron chi connectivity index (χ4n) is 2.26. The van der Waals surface area contributed by atoms with E-state index in [1.165, 1.54) is 6.33 Å². The van der Waals surface area contributed by atoms with Crippen LogP contribution in [0.3, 0.4) is 0 Å². The number of ether oxygens (including phenoxy) is 1. The second kappa shape index (κ2) is 7.73. The van der Waals surface area contributed by atoms with Crippen molar-refractivity contribution in [3.63, 3.8) is 0 Å². The van der Waals surface area contributed by atoms with Crippen LogP contribution in [0, 0.1) is 6.92 Å². The van der Waals surface area contributed by atoms with Gasteiger partial charge in [0, 0.05) is 18.7 Å². The molecule has 124 valence electrons. The van der Waals surface area contributed by atoms with E-state index >= 15 is 0 Å². The molecule has 0 aliphatic rings. The summed E-state index contributed by atoms with van der Waals surface area (Å²) >= 11 is 0. The Balaban J connectivity index is 2.11. The van der Waals surface area contributed by atoms with Gasteiger partial charge in [0.15, 0.2) is 0 Å². The lowest BCUT2D eigenvalue weighted by Crippen LogP contribution is -2.29. The minimum atomic E-state index is -0.236. The van der Waals surface area contributed by atoms with Crippen LogP contribution in [-0.2, 0) is 6.54 Å². The van der Waals surface area contributed by atoms with Crippen molar-refractivity contribution in [3.05, 3.63) is 41.5 Å². The molecule has 0 unspecified atom stereocenters. The molecule has 1 aromatic carbocycles. The van der Waals surface area contributed by atoms with E-state index in [1.807, 2.05) is 26.8 Å². The fourth-order valence-corrected chi connectivity index (χ4v) is 2.26. The highest BCUT2D eigenvalue weighted by Gasteiger charge is 2.17. The highest BCUT2D eigenvalue weighted by atomic mass is 16.5. The predicted molar refractivity (Wildman–Crippen MR) is 87.3 cm³/mol. The zero-order chi connectivity index (χ0) is 16.8. The number of hydrogen-bond donors (Lipinski definition) is 2. The van der Waals surface area contributed by atoms with Crippen molar-refractivity contribution in [1.82, 2.24) is 20.1 Å². The van der Waals surface area contributed by atoms with Gasteiger partial charge in [0.25, 0.3) is 5.91 Å². The molecule has 0 saturated carbocycles. The molecular formula is C16H23N5O2. The van der Waals surface area contributed by atoms with Crippen molar-refractivity contribution in [2.75, 3.05) is 13.2 Å². The smallest absolute Gasteiger partial charge is 0.251 e. The number of aryl methyl sites for hydroxylation is 2. The molecule has 0 spiro atoms. The molecule has 2 aromatic rings. The molecule has 0 aliphatic heterocycles. The van der Waals surface area contributed by atoms with Gasteiger partial charge in [-0.05, 0) is 38.5 Å². The first-order valence-electron chi connectivity index (χ1n) is 7.68. The van der Waals surface area contributed by atoms with Crippen LogP contribution in [-0.4, -0.2) is 33.8 Å². The molecule has 23 heavy (non-hydrogen) atoms. The summed E-state index contributed by atoms with van der Waals surface area (Å²) < 4.78 is 7.32. The van der Waals surface area contributed by atoms with Gasteiger partial charge >= 0.3 is 0 Å². The monoisotopic (exact) mass is 317 g/mol. The molecule has 0 bridgehead atoms. The predicted octanol–water partition coefficient (Wildman–Crippen LogP) is 1.43. The maximum Gasteiger partial charge on any atom is 0.251 e. The number of amides is 1. The molecule has 3 N–H and O–H groups in total. The molecule has 0 aliphatic carbocycles. The molecule has 0 fully saturated rings. The third kappa shape index (κ3) is 4.07. The zero-order valence-electron chi connectivity index (χ0n) is 13.7. The average Bonchev–Trinajstić information content (AvgIpc) is 3.02. The van der Waals surface area contributed by atoms with Gasteiger partial charge in [0.05, 0.1) is 6.04 Å². The van der Waals surface area contributed by atoms with Crippen molar-refractivity contribution < 1.29 is 9.53 Å². The Morgan fingerprint density at radius 3 is 2.96 bits per heavy atom. The minimum Gasteiger partial charge on any atom is -0.492 e. The van der Waals surface area contributed by atoms with Crippen LogP contribution in [0.25, 0.3) is 0 Å². The minimum absolute atomic E-state index is 0.180. The number of nitrogens with zero attached hydrogens (tertiary/aromatic N) is 3. The van der Waals surface area contributed by atoms with Crippen LogP contribution < -0.4 is 15.8 Å². The first kappa shape index (κ1) is 17.0. The third-order valence-electron chi connectivity index (χ3n) is 3.51. The molecule has 2 rings (SSSR count). The van der Waals surface area contributed by atoms with E-state index in [2.05, 4.69) is 15.4 Å². The average molecular weight is 317 g/mol. The Hall–Kier alpha value is -2.41. The molecule has 1 atom stereocenters. The normalized spacial score (nSPS) is 12.0. The summed E-state index contributed by atoms with van der Waals surface area (Å²) in [6.07, 6.45) is 1.49. The van der Waals surface area contributed by atoms with E-state index < -0.39 is 0 Å². The lowest BCUT2D eigenvalue weighted by molar-refractivity contribution is 0.0937. The van der Waals surface area contributed by atoms with Gasteiger partial charge in [-0.15, -0.1) is 0 Å². The second-order valence-electron chi connectivity index (χ2n) is 5.25. The number of carbonyl (C=O) groups excluding carboxylic acids is 1. The van der Waals surface area contributed by atoms with Crippen LogP contribution in [0.5, 0.6) is 5.75 Å². The maximum absolute atomic E-state index is 12.4. The Morgan fingerprint density at radius 2 is 2.26 bits per heavy atom. The van der Waals surface area contributed by atoms with Gasteiger partial charge in [0.1, 0.15) is 24.5 Å². The van der Waals surface area contributed by atoms with E-state index in [1.54, 1.807) is 16.8 Å². The van der Waals surface area contributed by atoms with Crippen molar-refractivity contribution >= 4 is 5.91 Å². The number of benzene rings is 1. The van der Waals surface area contributed by atoms with Crippen molar-refractivity contribution in [3.8, 4) is 5.75 Å². The molecule has 7 nitrogen and oxygen atoms in total. The van der Waals surface area contributed by atoms with E-state index in [9.17, 15) is 4.79 Å². The second-order valence-corrected chi connectivity index (χ2v) is 5.25. The van der Waals surface area contributed by atoms with Gasteiger partial charge in [-0.1, -0.05) is 6.07 Å². The standard InChI is InChI=1S/C16H23N5O2/c1-4-21-15(18-10-19-21)12(3)20-16(22)13-6-5-11(2)14(9-13)23-8-7-17/h5-6,9-10,12H,4,7-8,17H2,1-3H3,(H,20,22)/t12-/m1/s1. The maximum atomic E-state index is 12.4. The number of rotatable bonds is 7. The summed E-state index contributed by atoms with van der Waals surface area (Å²) in [7, 11) is 0. The molecule has 1 amide bonds. The first-order chi connectivity index (χ1) is 11.1. The van der Waals surface area contributed by atoms with Crippen LogP contribution in [0.15, 0.2) is 24.5 Å². The Kier molecular flexibility index (Phi) is 5.70. The zero-order valence-corrected chi connectivity index (χ0v) is 13.7. The number of nitrogens with one attached hydrogen (secondary N) is 1. The number of hydrogen-bond acceptors (Lipinski definition) is 5. The fraction of sp³-hybridized carbons (Fsp3) is 0.438. The lowest BCUT2D eigenvalue weighted by atomic mass is 10.1. The SMILES string of the molecule is CCn1ncnc1[C@@H](C)NC(=O)c1ccc(C)c(OCCN)c1. The van der Waals surface area contributed by atoms with Gasteiger partial charge in [0.2, 0.25) is 0 Å². The van der Waals surface area contributed by atoms with Crippen LogP contribution >= 0.6 is 0 Å². The highest BCUT2D eigenvalue weighted by molar-refractivity contribution is 5.94. The number of aromatic nitrogens is 3. The number of nitrogens with two attached hydrogens (primary N) is 1. The molecule has 7 heteroatoms. The summed E-state index contributed by atoms with van der Waals surface area (Å²) in [6.45, 7) is 7.35. The summed E-state index contributed by atoms with van der Waals surface area (Å²) in [5.74, 6) is 1.22. The van der Waals surface area contributed by atoms with E-state index in [4.69, 9.17) is 10.5 Å². The Morgan fingerprint density at radius 1 is 1.48 bits per heavy atom. The largest absolute Gasteiger partial charge is 0.492 e. The molecule has 0 saturated heterocycles. The van der Waals surface area contributed by atoms with Gasteiger partial charge < -0.3 is 15.8 Å². The van der Waals surface area contributed by atoms with Gasteiger partial charge in [-0.25, -0.2) is 9.67 Å². The van der Waals surface area contributed by atoms with E-state index in [0.29, 0.717) is 31.0 Å². The van der Waals surface area contributed by atoms with Gasteiger partial charge in [-0.2, -0.15) is 5.10 Å². The summed E-state index contributed by atoms with van der Waals surface area (Å²) in [5.41, 5.74) is 6.96. The van der Waals surface area contributed by atoms with Gasteiger partial charge in [-0.3, -0.25) is 4.79 Å². The third-order valence-corrected chi connectivity index (χ3v) is 3.51. The summed E-state index contributed by atoms with van der Waals surface area (Å²) in [5, 5.41) is 7.05. The Bertz CT molecular complexity index is 668.